The summed E-state index contributed by atoms with van der Waals surface area (Å²) in [7, 11) is 3.26. The molecule has 1 saturated heterocycles. The van der Waals surface area contributed by atoms with Crippen LogP contribution < -0.4 is 16.1 Å². The predicted molar refractivity (Wildman–Crippen MR) is 66.8 cm³/mol. The summed E-state index contributed by atoms with van der Waals surface area (Å²) < 4.78 is 6.04. The van der Waals surface area contributed by atoms with Crippen molar-refractivity contribution in [2.45, 2.75) is 6.61 Å². The van der Waals surface area contributed by atoms with Gasteiger partial charge in [0.05, 0.1) is 12.3 Å². The van der Waals surface area contributed by atoms with Gasteiger partial charge in [-0.05, 0) is 12.1 Å². The number of nitrogens with zero attached hydrogens (tertiary/aromatic N) is 2. The second-order valence-corrected chi connectivity index (χ2v) is 4.43. The van der Waals surface area contributed by atoms with E-state index in [4.69, 9.17) is 4.74 Å². The molecule has 17 heavy (non-hydrogen) atoms. The molecule has 0 bridgehead atoms. The van der Waals surface area contributed by atoms with E-state index in [1.807, 2.05) is 18.2 Å². The van der Waals surface area contributed by atoms with Crippen molar-refractivity contribution in [3.8, 4) is 0 Å². The number of carbonyl (C=O) groups excluding carboxylic acids is 1. The molecule has 1 aromatic carbocycles. The molecule has 0 radical (unpaired) electrons. The Kier molecular flexibility index (Phi) is 3.63. The van der Waals surface area contributed by atoms with Crippen molar-refractivity contribution in [3.63, 3.8) is 0 Å². The average Bonchev–Trinajstić information content (AvgIpc) is 2.63. The lowest BCUT2D eigenvalue weighted by molar-refractivity contribution is 0.184. The number of urea groups is 1. The zero-order chi connectivity index (χ0) is 12.4. The monoisotopic (exact) mass is 300 g/mol. The van der Waals surface area contributed by atoms with Crippen molar-refractivity contribution < 1.29 is 9.53 Å². The Balaban J connectivity index is 2.38. The fourth-order valence-electron chi connectivity index (χ4n) is 1.58. The molecule has 0 atom stereocenters. The number of amides is 2. The van der Waals surface area contributed by atoms with Gasteiger partial charge in [0.2, 0.25) is 0 Å². The molecule has 7 heteroatoms. The summed E-state index contributed by atoms with van der Waals surface area (Å²) in [6.07, 6.45) is 0. The zero-order valence-corrected chi connectivity index (χ0v) is 11.1. The van der Waals surface area contributed by atoms with Crippen LogP contribution in [0.2, 0.25) is 0 Å². The fraction of sp³-hybridized carbons (Fsp3) is 0.300. The molecule has 2 N–H and O–H groups in total. The summed E-state index contributed by atoms with van der Waals surface area (Å²) in [5.74, 6) is 0. The number of rotatable bonds is 3. The van der Waals surface area contributed by atoms with Gasteiger partial charge in [0.25, 0.3) is 0 Å². The van der Waals surface area contributed by atoms with Crippen molar-refractivity contribution in [2.24, 2.45) is 0 Å². The van der Waals surface area contributed by atoms with E-state index >= 15 is 0 Å². The predicted octanol–water partition coefficient (Wildman–Crippen LogP) is 1.39. The van der Waals surface area contributed by atoms with Crippen molar-refractivity contribution in [2.75, 3.05) is 19.2 Å². The molecule has 2 amide bonds. The highest BCUT2D eigenvalue weighted by molar-refractivity contribution is 9.10. The van der Waals surface area contributed by atoms with Crippen LogP contribution in [0.4, 0.5) is 10.5 Å². The summed E-state index contributed by atoms with van der Waals surface area (Å²) in [4.78, 5) is 11.8. The summed E-state index contributed by atoms with van der Waals surface area (Å²) >= 11 is 3.45. The van der Waals surface area contributed by atoms with Crippen LogP contribution >= 0.6 is 15.9 Å². The molecule has 0 spiro atoms. The lowest BCUT2D eigenvalue weighted by Crippen LogP contribution is -2.38. The first-order chi connectivity index (χ1) is 8.15. The Bertz CT molecular complexity index is 440. The summed E-state index contributed by atoms with van der Waals surface area (Å²) in [5.41, 5.74) is 7.15. The second-order valence-electron chi connectivity index (χ2n) is 3.57. The van der Waals surface area contributed by atoms with E-state index in [0.717, 1.165) is 15.7 Å². The van der Waals surface area contributed by atoms with E-state index in [0.29, 0.717) is 6.61 Å². The van der Waals surface area contributed by atoms with Crippen molar-refractivity contribution in [3.05, 3.63) is 28.2 Å². The lowest BCUT2D eigenvalue weighted by atomic mass is 10.2. The molecule has 2 rings (SSSR count). The molecule has 1 heterocycles. The van der Waals surface area contributed by atoms with Crippen LogP contribution in [0.25, 0.3) is 0 Å². The number of hydrazine groups is 3. The normalized spacial score (nSPS) is 15.8. The maximum Gasteiger partial charge on any atom is 0.355 e. The van der Waals surface area contributed by atoms with E-state index in [1.54, 1.807) is 14.2 Å². The first-order valence-electron chi connectivity index (χ1n) is 5.00. The van der Waals surface area contributed by atoms with Gasteiger partial charge in [-0.3, -0.25) is 0 Å². The molecule has 92 valence electrons. The largest absolute Gasteiger partial charge is 0.380 e. The number of hydrogen-bond acceptors (Lipinski definition) is 4. The quantitative estimate of drug-likeness (QED) is 0.886. The van der Waals surface area contributed by atoms with E-state index in [9.17, 15) is 4.79 Å². The van der Waals surface area contributed by atoms with Crippen LogP contribution in [0.15, 0.2) is 22.7 Å². The van der Waals surface area contributed by atoms with Gasteiger partial charge in [-0.15, -0.1) is 11.1 Å². The van der Waals surface area contributed by atoms with E-state index < -0.39 is 0 Å². The molecule has 1 fully saturated rings. The standard InChI is InChI=1S/C10H13BrN4O2/c1-14-10(16)15(13-12-14)9-5-3-4-8(11)7(9)6-17-2/h3-5,12-13H,6H2,1-2H3. The Morgan fingerprint density at radius 2 is 2.18 bits per heavy atom. The summed E-state index contributed by atoms with van der Waals surface area (Å²) in [6, 6.07) is 5.45. The van der Waals surface area contributed by atoms with Crippen LogP contribution in [0.5, 0.6) is 0 Å². The smallest absolute Gasteiger partial charge is 0.355 e. The molecule has 0 unspecified atom stereocenters. The number of hydrogen-bond donors (Lipinski definition) is 2. The first-order valence-corrected chi connectivity index (χ1v) is 5.80. The van der Waals surface area contributed by atoms with Gasteiger partial charge >= 0.3 is 6.03 Å². The Hall–Kier alpha value is -1.15. The molecule has 0 aliphatic carbocycles. The van der Waals surface area contributed by atoms with Gasteiger partial charge in [-0.1, -0.05) is 22.0 Å². The van der Waals surface area contributed by atoms with E-state index in [2.05, 4.69) is 27.0 Å². The van der Waals surface area contributed by atoms with Crippen LogP contribution in [-0.2, 0) is 11.3 Å². The summed E-state index contributed by atoms with van der Waals surface area (Å²) in [5, 5.41) is 2.79. The minimum Gasteiger partial charge on any atom is -0.380 e. The van der Waals surface area contributed by atoms with Gasteiger partial charge in [-0.2, -0.15) is 0 Å². The minimum atomic E-state index is -0.180. The van der Waals surface area contributed by atoms with Gasteiger partial charge < -0.3 is 4.74 Å². The third-order valence-electron chi connectivity index (χ3n) is 2.43. The Morgan fingerprint density at radius 1 is 1.41 bits per heavy atom. The molecule has 0 saturated carbocycles. The maximum absolute atomic E-state index is 11.8. The van der Waals surface area contributed by atoms with Gasteiger partial charge in [0.1, 0.15) is 0 Å². The van der Waals surface area contributed by atoms with Crippen molar-refractivity contribution >= 4 is 27.6 Å². The van der Waals surface area contributed by atoms with Crippen LogP contribution in [0.1, 0.15) is 5.56 Å². The van der Waals surface area contributed by atoms with Crippen LogP contribution in [0, 0.1) is 0 Å². The highest BCUT2D eigenvalue weighted by Gasteiger charge is 2.28. The molecule has 6 nitrogen and oxygen atoms in total. The first kappa shape index (κ1) is 12.3. The van der Waals surface area contributed by atoms with Crippen molar-refractivity contribution in [1.29, 1.82) is 0 Å². The highest BCUT2D eigenvalue weighted by atomic mass is 79.9. The SMILES string of the molecule is COCc1c(Br)cccc1N1NNN(C)C1=O. The topological polar surface area (TPSA) is 56.8 Å². The summed E-state index contributed by atoms with van der Waals surface area (Å²) in [6.45, 7) is 0.423. The number of nitrogens with one attached hydrogen (secondary N) is 2. The second kappa shape index (κ2) is 5.01. The molecular weight excluding hydrogens is 288 g/mol. The average molecular weight is 301 g/mol. The highest BCUT2D eigenvalue weighted by Crippen LogP contribution is 2.28. The minimum absolute atomic E-state index is 0.180. The van der Waals surface area contributed by atoms with E-state index in [1.165, 1.54) is 10.0 Å². The molecular formula is C10H13BrN4O2. The number of halogens is 1. The van der Waals surface area contributed by atoms with Crippen LogP contribution in [-0.4, -0.2) is 25.2 Å². The number of anilines is 1. The molecule has 0 aromatic heterocycles. The van der Waals surface area contributed by atoms with Crippen LogP contribution in [0.3, 0.4) is 0 Å². The third-order valence-corrected chi connectivity index (χ3v) is 3.17. The van der Waals surface area contributed by atoms with Gasteiger partial charge in [0.15, 0.2) is 0 Å². The zero-order valence-electron chi connectivity index (χ0n) is 9.53. The Morgan fingerprint density at radius 3 is 2.76 bits per heavy atom. The lowest BCUT2D eigenvalue weighted by Gasteiger charge is -2.18. The maximum atomic E-state index is 11.8. The third kappa shape index (κ3) is 2.27. The van der Waals surface area contributed by atoms with Crippen molar-refractivity contribution in [1.82, 2.24) is 16.1 Å². The molecule has 1 aliphatic rings. The number of methoxy groups -OCH3 is 1. The molecule has 1 aliphatic heterocycles. The van der Waals surface area contributed by atoms with Gasteiger partial charge in [-0.25, -0.2) is 14.8 Å². The number of ether oxygens (including phenoxy) is 1. The molecule has 1 aromatic rings. The van der Waals surface area contributed by atoms with Gasteiger partial charge in [0, 0.05) is 24.2 Å². The Labute approximate surface area is 108 Å². The number of carbonyl (C=O) groups is 1. The number of benzene rings is 1. The van der Waals surface area contributed by atoms with E-state index in [-0.39, 0.29) is 6.03 Å². The fourth-order valence-corrected chi connectivity index (χ4v) is 2.05.